The number of carbonyl (C=O) groups excluding carboxylic acids is 1. The van der Waals surface area contributed by atoms with Gasteiger partial charge in [-0.05, 0) is 36.8 Å². The van der Waals surface area contributed by atoms with Crippen LogP contribution in [0.2, 0.25) is 0 Å². The molecule has 3 N–H and O–H groups in total. The molecule has 1 aliphatic rings. The number of aromatic amines is 1. The van der Waals surface area contributed by atoms with Crippen molar-refractivity contribution >= 4 is 45.8 Å². The number of amides is 1. The Labute approximate surface area is 194 Å². The van der Waals surface area contributed by atoms with Gasteiger partial charge >= 0.3 is 6.09 Å². The molecule has 10 nitrogen and oxygen atoms in total. The summed E-state index contributed by atoms with van der Waals surface area (Å²) >= 11 is 0. The highest BCUT2D eigenvalue weighted by molar-refractivity contribution is 5.93. The molecule has 1 aliphatic heterocycles. The Balaban J connectivity index is 1.48. The second kappa shape index (κ2) is 9.32. The third-order valence-electron chi connectivity index (χ3n) is 5.42. The fourth-order valence-corrected chi connectivity index (χ4v) is 3.83. The minimum atomic E-state index is -0.551. The van der Waals surface area contributed by atoms with E-state index in [1.807, 2.05) is 24.3 Å². The Morgan fingerprint density at radius 2 is 2.18 bits per heavy atom. The van der Waals surface area contributed by atoms with E-state index in [0.717, 1.165) is 28.4 Å². The van der Waals surface area contributed by atoms with Crippen molar-refractivity contribution in [3.63, 3.8) is 0 Å². The largest absolute Gasteiger partial charge is 0.444 e. The monoisotopic (exact) mass is 463 g/mol. The Morgan fingerprint density at radius 3 is 3.06 bits per heavy atom. The maximum Gasteiger partial charge on any atom is 0.411 e. The van der Waals surface area contributed by atoms with E-state index in [4.69, 9.17) is 9.47 Å². The zero-order chi connectivity index (χ0) is 23.5. The van der Waals surface area contributed by atoms with E-state index in [0.29, 0.717) is 30.9 Å². The number of ether oxygens (including phenoxy) is 2. The van der Waals surface area contributed by atoms with Crippen LogP contribution in [0.1, 0.15) is 12.0 Å². The normalized spacial score (nSPS) is 12.7. The number of aromatic nitrogens is 4. The van der Waals surface area contributed by atoms with Gasteiger partial charge in [0, 0.05) is 36.9 Å². The van der Waals surface area contributed by atoms with Gasteiger partial charge in [-0.2, -0.15) is 10.1 Å². The maximum absolute atomic E-state index is 15.0. The summed E-state index contributed by atoms with van der Waals surface area (Å²) in [5.41, 5.74) is 3.77. The lowest BCUT2D eigenvalue weighted by Crippen LogP contribution is -2.23. The van der Waals surface area contributed by atoms with Crippen molar-refractivity contribution < 1.29 is 18.7 Å². The molecule has 0 bridgehead atoms. The molecule has 0 spiro atoms. The molecule has 0 atom stereocenters. The van der Waals surface area contributed by atoms with Crippen LogP contribution in [-0.2, 0) is 16.1 Å². The number of nitrogens with one attached hydrogen (secondary N) is 3. The first-order valence-corrected chi connectivity index (χ1v) is 10.7. The van der Waals surface area contributed by atoms with Crippen LogP contribution in [0.4, 0.5) is 38.0 Å². The zero-order valence-corrected chi connectivity index (χ0v) is 18.3. The summed E-state index contributed by atoms with van der Waals surface area (Å²) in [6, 6.07) is 11.1. The van der Waals surface area contributed by atoms with Gasteiger partial charge in [-0.1, -0.05) is 6.07 Å². The second-order valence-electron chi connectivity index (χ2n) is 7.67. The minimum absolute atomic E-state index is 0.135. The summed E-state index contributed by atoms with van der Waals surface area (Å²) in [5, 5.41) is 13.7. The summed E-state index contributed by atoms with van der Waals surface area (Å²) in [6.07, 6.45) is 3.03. The van der Waals surface area contributed by atoms with Gasteiger partial charge in [-0.25, -0.2) is 14.2 Å². The number of halogens is 1. The highest BCUT2D eigenvalue weighted by Gasteiger charge is 2.20. The number of rotatable bonds is 8. The van der Waals surface area contributed by atoms with Crippen molar-refractivity contribution in [1.29, 1.82) is 0 Å². The number of methoxy groups -OCH3 is 1. The molecular formula is C23H22FN7O3. The number of anilines is 5. The predicted octanol–water partition coefficient (Wildman–Crippen LogP) is 4.47. The molecule has 3 heterocycles. The molecular weight excluding hydrogens is 441 g/mol. The van der Waals surface area contributed by atoms with Gasteiger partial charge in [0.05, 0.1) is 29.3 Å². The lowest BCUT2D eigenvalue weighted by atomic mass is 10.1. The molecule has 0 saturated carbocycles. The van der Waals surface area contributed by atoms with Crippen molar-refractivity contribution in [2.24, 2.45) is 0 Å². The third kappa shape index (κ3) is 4.33. The van der Waals surface area contributed by atoms with Gasteiger partial charge in [0.1, 0.15) is 6.61 Å². The predicted molar refractivity (Wildman–Crippen MR) is 125 cm³/mol. The van der Waals surface area contributed by atoms with Crippen LogP contribution in [0, 0.1) is 5.82 Å². The molecule has 0 fully saturated rings. The van der Waals surface area contributed by atoms with Crippen LogP contribution in [-0.4, -0.2) is 46.5 Å². The average molecular weight is 463 g/mol. The number of H-pyrrole nitrogens is 1. The molecule has 0 aliphatic carbocycles. The van der Waals surface area contributed by atoms with Crippen LogP contribution in [0.5, 0.6) is 0 Å². The molecule has 34 heavy (non-hydrogen) atoms. The maximum atomic E-state index is 15.0. The molecule has 1 amide bonds. The highest BCUT2D eigenvalue weighted by Crippen LogP contribution is 2.33. The summed E-state index contributed by atoms with van der Waals surface area (Å²) in [7, 11) is 1.63. The number of hydrogen-bond donors (Lipinski definition) is 3. The van der Waals surface area contributed by atoms with Gasteiger partial charge in [-0.3, -0.25) is 10.4 Å². The van der Waals surface area contributed by atoms with E-state index < -0.39 is 11.9 Å². The third-order valence-corrected chi connectivity index (χ3v) is 5.42. The van der Waals surface area contributed by atoms with Gasteiger partial charge in [0.15, 0.2) is 11.6 Å². The summed E-state index contributed by atoms with van der Waals surface area (Å²) in [5.74, 6) is -0.186. The Morgan fingerprint density at radius 1 is 1.26 bits per heavy atom. The van der Waals surface area contributed by atoms with E-state index in [1.165, 1.54) is 0 Å². The molecule has 0 unspecified atom stereocenters. The lowest BCUT2D eigenvalue weighted by Gasteiger charge is -2.25. The number of fused-ring (bicyclic) bond motifs is 2. The molecule has 2 aromatic heterocycles. The second-order valence-corrected chi connectivity index (χ2v) is 7.67. The molecule has 0 radical (unpaired) electrons. The van der Waals surface area contributed by atoms with Crippen molar-refractivity contribution in [3.8, 4) is 0 Å². The smallest absolute Gasteiger partial charge is 0.411 e. The van der Waals surface area contributed by atoms with Gasteiger partial charge < -0.3 is 19.7 Å². The van der Waals surface area contributed by atoms with Crippen LogP contribution in [0.3, 0.4) is 0 Å². The molecule has 0 saturated heterocycles. The first kappa shape index (κ1) is 21.6. The SMILES string of the molecule is COCCCN(c1nc(Nc2ccc3c(c2)COC(=O)N3)ncc1F)c1cccc2[nH]ncc12. The van der Waals surface area contributed by atoms with Crippen molar-refractivity contribution in [1.82, 2.24) is 20.2 Å². The summed E-state index contributed by atoms with van der Waals surface area (Å²) in [6.45, 7) is 1.15. The average Bonchev–Trinajstić information content (AvgIpc) is 3.33. The highest BCUT2D eigenvalue weighted by atomic mass is 19.1. The van der Waals surface area contributed by atoms with Crippen molar-refractivity contribution in [2.75, 3.05) is 35.8 Å². The first-order chi connectivity index (χ1) is 16.6. The molecule has 11 heteroatoms. The Bertz CT molecular complexity index is 1340. The van der Waals surface area contributed by atoms with Crippen molar-refractivity contribution in [3.05, 3.63) is 60.2 Å². The minimum Gasteiger partial charge on any atom is -0.444 e. The fraction of sp³-hybridized carbons (Fsp3) is 0.217. The van der Waals surface area contributed by atoms with E-state index in [2.05, 4.69) is 30.8 Å². The van der Waals surface area contributed by atoms with E-state index in [-0.39, 0.29) is 18.4 Å². The van der Waals surface area contributed by atoms with E-state index in [1.54, 1.807) is 30.3 Å². The topological polar surface area (TPSA) is 117 Å². The van der Waals surface area contributed by atoms with Crippen LogP contribution >= 0.6 is 0 Å². The zero-order valence-electron chi connectivity index (χ0n) is 18.3. The van der Waals surface area contributed by atoms with Crippen LogP contribution in [0.15, 0.2) is 48.8 Å². The van der Waals surface area contributed by atoms with Crippen LogP contribution in [0.25, 0.3) is 10.9 Å². The van der Waals surface area contributed by atoms with Crippen LogP contribution < -0.4 is 15.5 Å². The van der Waals surface area contributed by atoms with E-state index >= 15 is 4.39 Å². The van der Waals surface area contributed by atoms with Gasteiger partial charge in [0.25, 0.3) is 0 Å². The molecule has 2 aromatic carbocycles. The standard InChI is InChI=1S/C23H22FN7O3/c1-33-9-3-8-31(20-5-2-4-19-16(20)11-26-30-19)21-17(24)12-25-22(29-21)27-15-6-7-18-14(10-15)13-34-23(32)28-18/h2,4-7,10-12H,3,8-9,13H2,1H3,(H,26,30)(H,28,32)(H,25,27,29). The van der Waals surface area contributed by atoms with Gasteiger partial charge in [-0.15, -0.1) is 0 Å². The summed E-state index contributed by atoms with van der Waals surface area (Å²) < 4.78 is 25.3. The quantitative estimate of drug-likeness (QED) is 0.328. The lowest BCUT2D eigenvalue weighted by molar-refractivity contribution is 0.151. The van der Waals surface area contributed by atoms with Gasteiger partial charge in [0.2, 0.25) is 5.95 Å². The number of nitrogens with zero attached hydrogens (tertiary/aromatic N) is 4. The van der Waals surface area contributed by atoms with Crippen molar-refractivity contribution in [2.45, 2.75) is 13.0 Å². The molecule has 4 aromatic rings. The first-order valence-electron chi connectivity index (χ1n) is 10.7. The Kier molecular flexibility index (Phi) is 5.91. The summed E-state index contributed by atoms with van der Waals surface area (Å²) in [4.78, 5) is 21.8. The number of benzene rings is 2. The number of hydrogen-bond acceptors (Lipinski definition) is 8. The van der Waals surface area contributed by atoms with E-state index in [9.17, 15) is 4.79 Å². The molecule has 174 valence electrons. The fourth-order valence-electron chi connectivity index (χ4n) is 3.83. The number of carbonyl (C=O) groups is 1. The number of cyclic esters (lactones) is 1. The molecule has 5 rings (SSSR count). The Hall–Kier alpha value is -4.25.